The Morgan fingerprint density at radius 2 is 2.17 bits per heavy atom. The van der Waals surface area contributed by atoms with Crippen molar-refractivity contribution in [1.29, 1.82) is 0 Å². The van der Waals surface area contributed by atoms with Gasteiger partial charge >= 0.3 is 0 Å². The van der Waals surface area contributed by atoms with E-state index in [2.05, 4.69) is 36.2 Å². The van der Waals surface area contributed by atoms with Gasteiger partial charge in [0, 0.05) is 6.61 Å². The third kappa shape index (κ3) is 3.82. The van der Waals surface area contributed by atoms with Crippen molar-refractivity contribution in [3.63, 3.8) is 0 Å². The zero-order valence-corrected chi connectivity index (χ0v) is 11.4. The molecule has 1 unspecified atom stereocenters. The smallest absolute Gasteiger partial charge is 0.0434 e. The van der Waals surface area contributed by atoms with Crippen molar-refractivity contribution in [2.24, 2.45) is 0 Å². The summed E-state index contributed by atoms with van der Waals surface area (Å²) in [6, 6.07) is 8.99. The fourth-order valence-corrected chi connectivity index (χ4v) is 2.86. The molecule has 0 bridgehead atoms. The predicted molar refractivity (Wildman–Crippen MR) is 75.9 cm³/mol. The molecule has 0 spiro atoms. The van der Waals surface area contributed by atoms with E-state index in [1.165, 1.54) is 43.5 Å². The van der Waals surface area contributed by atoms with E-state index in [1.807, 2.05) is 0 Å². The lowest BCUT2D eigenvalue weighted by Gasteiger charge is -2.16. The minimum atomic E-state index is 0.290. The van der Waals surface area contributed by atoms with E-state index >= 15 is 0 Å². The quantitative estimate of drug-likeness (QED) is 0.884. The fraction of sp³-hybridized carbons (Fsp3) is 0.625. The number of hydrogen-bond donors (Lipinski definition) is 1. The normalized spacial score (nSPS) is 21.8. The second-order valence-electron chi connectivity index (χ2n) is 5.50. The van der Waals surface area contributed by atoms with Gasteiger partial charge in [0.15, 0.2) is 0 Å². The van der Waals surface area contributed by atoms with Crippen LogP contribution in [-0.4, -0.2) is 36.8 Å². The van der Waals surface area contributed by atoms with E-state index in [0.717, 1.165) is 18.8 Å². The molecule has 1 aliphatic rings. The van der Waals surface area contributed by atoms with Crippen LogP contribution in [-0.2, 0) is 6.42 Å². The first-order valence-corrected chi connectivity index (χ1v) is 7.18. The maximum Gasteiger partial charge on any atom is 0.0434 e. The summed E-state index contributed by atoms with van der Waals surface area (Å²) in [5.74, 6) is 0.726. The average Bonchev–Trinajstić information content (AvgIpc) is 2.61. The molecule has 18 heavy (non-hydrogen) atoms. The molecule has 1 atom stereocenters. The Morgan fingerprint density at radius 3 is 3.00 bits per heavy atom. The van der Waals surface area contributed by atoms with Crippen LogP contribution >= 0.6 is 0 Å². The third-order valence-electron chi connectivity index (χ3n) is 4.00. The lowest BCUT2D eigenvalue weighted by Crippen LogP contribution is -2.18. The van der Waals surface area contributed by atoms with Gasteiger partial charge in [-0.05, 0) is 69.3 Å². The van der Waals surface area contributed by atoms with Gasteiger partial charge in [0.25, 0.3) is 0 Å². The van der Waals surface area contributed by atoms with Crippen molar-refractivity contribution in [2.45, 2.75) is 38.0 Å². The van der Waals surface area contributed by atoms with Crippen LogP contribution in [0.3, 0.4) is 0 Å². The molecule has 0 radical (unpaired) electrons. The minimum Gasteiger partial charge on any atom is -0.396 e. The topological polar surface area (TPSA) is 23.5 Å². The van der Waals surface area contributed by atoms with E-state index in [4.69, 9.17) is 5.11 Å². The molecule has 2 rings (SSSR count). The molecule has 1 heterocycles. The molecular weight excluding hydrogens is 222 g/mol. The molecule has 2 nitrogen and oxygen atoms in total. The first-order valence-electron chi connectivity index (χ1n) is 7.18. The van der Waals surface area contributed by atoms with Crippen LogP contribution in [0.2, 0.25) is 0 Å². The number of nitrogens with zero attached hydrogens (tertiary/aromatic N) is 1. The van der Waals surface area contributed by atoms with Gasteiger partial charge in [-0.2, -0.15) is 0 Å². The molecule has 0 saturated carbocycles. The maximum absolute atomic E-state index is 8.91. The van der Waals surface area contributed by atoms with Crippen molar-refractivity contribution in [3.8, 4) is 0 Å². The highest BCUT2D eigenvalue weighted by Crippen LogP contribution is 2.28. The largest absolute Gasteiger partial charge is 0.396 e. The minimum absolute atomic E-state index is 0.290. The summed E-state index contributed by atoms with van der Waals surface area (Å²) in [6.45, 7) is 2.74. The zero-order chi connectivity index (χ0) is 12.8. The van der Waals surface area contributed by atoms with Crippen molar-refractivity contribution in [3.05, 3.63) is 35.4 Å². The van der Waals surface area contributed by atoms with Gasteiger partial charge < -0.3 is 10.0 Å². The molecule has 2 heteroatoms. The first kappa shape index (κ1) is 13.6. The van der Waals surface area contributed by atoms with Gasteiger partial charge in [-0.1, -0.05) is 24.3 Å². The monoisotopic (exact) mass is 247 g/mol. The van der Waals surface area contributed by atoms with Crippen LogP contribution in [0.1, 0.15) is 42.7 Å². The van der Waals surface area contributed by atoms with Crippen LogP contribution in [0, 0.1) is 0 Å². The number of aliphatic hydroxyl groups is 1. The summed E-state index contributed by atoms with van der Waals surface area (Å²) in [6.07, 6.45) is 5.77. The summed E-state index contributed by atoms with van der Waals surface area (Å²) >= 11 is 0. The molecule has 1 aromatic rings. The third-order valence-corrected chi connectivity index (χ3v) is 4.00. The average molecular weight is 247 g/mol. The Balaban J connectivity index is 2.02. The first-order chi connectivity index (χ1) is 8.79. The number of hydrogen-bond acceptors (Lipinski definition) is 2. The Hall–Kier alpha value is -0.860. The molecule has 1 fully saturated rings. The second kappa shape index (κ2) is 6.91. The Labute approximate surface area is 111 Å². The standard InChI is InChI=1S/C16H25NO/c1-17-10-3-8-15(9-11-17)16-7-2-5-14(13-16)6-4-12-18/h2,5,7,13,15,18H,3-4,6,8-12H2,1H3. The molecule has 100 valence electrons. The van der Waals surface area contributed by atoms with Crippen LogP contribution in [0.15, 0.2) is 24.3 Å². The van der Waals surface area contributed by atoms with Gasteiger partial charge in [0.2, 0.25) is 0 Å². The van der Waals surface area contributed by atoms with Crippen LogP contribution < -0.4 is 0 Å². The molecule has 0 aliphatic carbocycles. The summed E-state index contributed by atoms with van der Waals surface area (Å²) in [7, 11) is 2.22. The van der Waals surface area contributed by atoms with E-state index in [9.17, 15) is 0 Å². The van der Waals surface area contributed by atoms with Gasteiger partial charge in [0.05, 0.1) is 0 Å². The lowest BCUT2D eigenvalue weighted by molar-refractivity contribution is 0.288. The molecule has 1 aliphatic heterocycles. The number of aliphatic hydroxyl groups excluding tert-OH is 1. The van der Waals surface area contributed by atoms with Gasteiger partial charge in [0.1, 0.15) is 0 Å². The van der Waals surface area contributed by atoms with Gasteiger partial charge in [-0.15, -0.1) is 0 Å². The highest BCUT2D eigenvalue weighted by Gasteiger charge is 2.16. The van der Waals surface area contributed by atoms with Crippen LogP contribution in [0.4, 0.5) is 0 Å². The molecule has 1 saturated heterocycles. The summed E-state index contributed by atoms with van der Waals surface area (Å²) in [5.41, 5.74) is 2.87. The summed E-state index contributed by atoms with van der Waals surface area (Å²) in [5, 5.41) is 8.91. The maximum atomic E-state index is 8.91. The van der Waals surface area contributed by atoms with Crippen molar-refractivity contribution >= 4 is 0 Å². The van der Waals surface area contributed by atoms with Crippen molar-refractivity contribution in [1.82, 2.24) is 4.90 Å². The fourth-order valence-electron chi connectivity index (χ4n) is 2.86. The Kier molecular flexibility index (Phi) is 5.21. The molecule has 0 amide bonds. The van der Waals surface area contributed by atoms with E-state index < -0.39 is 0 Å². The molecule has 0 aromatic heterocycles. The van der Waals surface area contributed by atoms with Gasteiger partial charge in [-0.25, -0.2) is 0 Å². The molecule has 1 aromatic carbocycles. The second-order valence-corrected chi connectivity index (χ2v) is 5.50. The predicted octanol–water partition coefficient (Wildman–Crippen LogP) is 2.81. The Morgan fingerprint density at radius 1 is 1.28 bits per heavy atom. The highest BCUT2D eigenvalue weighted by molar-refractivity contribution is 5.26. The molecular formula is C16H25NO. The zero-order valence-electron chi connectivity index (χ0n) is 11.4. The summed E-state index contributed by atoms with van der Waals surface area (Å²) < 4.78 is 0. The van der Waals surface area contributed by atoms with Gasteiger partial charge in [-0.3, -0.25) is 0 Å². The number of likely N-dealkylation sites (tertiary alicyclic amines) is 1. The SMILES string of the molecule is CN1CCCC(c2cccc(CCCO)c2)CC1. The van der Waals surface area contributed by atoms with E-state index in [0.29, 0.717) is 6.61 Å². The van der Waals surface area contributed by atoms with E-state index in [-0.39, 0.29) is 0 Å². The van der Waals surface area contributed by atoms with Crippen molar-refractivity contribution < 1.29 is 5.11 Å². The van der Waals surface area contributed by atoms with Crippen molar-refractivity contribution in [2.75, 3.05) is 26.7 Å². The number of rotatable bonds is 4. The van der Waals surface area contributed by atoms with Crippen LogP contribution in [0.5, 0.6) is 0 Å². The lowest BCUT2D eigenvalue weighted by atomic mass is 9.90. The van der Waals surface area contributed by atoms with E-state index in [1.54, 1.807) is 0 Å². The highest BCUT2D eigenvalue weighted by atomic mass is 16.2. The molecule has 1 N–H and O–H groups in total. The number of benzene rings is 1. The van der Waals surface area contributed by atoms with Crippen LogP contribution in [0.25, 0.3) is 0 Å². The summed E-state index contributed by atoms with van der Waals surface area (Å²) in [4.78, 5) is 2.44. The number of aryl methyl sites for hydroxylation is 1. The Bertz CT molecular complexity index is 364.